The van der Waals surface area contributed by atoms with Crippen molar-refractivity contribution in [3.05, 3.63) is 35.9 Å². The summed E-state index contributed by atoms with van der Waals surface area (Å²) >= 11 is 0.139. The standard InChI is InChI=1S/C11H13I2NO2/c15-11(14-9-12-6-7-13-14)16-8-10-4-2-1-3-5-10/h1-5H,6-9H2/q-2. The van der Waals surface area contributed by atoms with Gasteiger partial charge < -0.3 is 0 Å². The van der Waals surface area contributed by atoms with Crippen LogP contribution in [-0.2, 0) is 11.3 Å². The third kappa shape index (κ3) is 3.76. The van der Waals surface area contributed by atoms with Crippen molar-refractivity contribution in [2.24, 2.45) is 0 Å². The minimum atomic E-state index is -0.101. The van der Waals surface area contributed by atoms with E-state index in [1.807, 2.05) is 33.4 Å². The molecule has 0 bridgehead atoms. The predicted molar refractivity (Wildman–Crippen MR) is 53.1 cm³/mol. The van der Waals surface area contributed by atoms with Crippen LogP contribution in [0.2, 0.25) is 0 Å². The van der Waals surface area contributed by atoms with E-state index in [4.69, 9.17) is 4.74 Å². The quantitative estimate of drug-likeness (QED) is 0.200. The Bertz CT molecular complexity index is 339. The van der Waals surface area contributed by atoms with E-state index < -0.39 is 0 Å². The normalized spacial score (nSPS) is 16.9. The van der Waals surface area contributed by atoms with Crippen molar-refractivity contribution in [1.82, 2.24) is 3.11 Å². The van der Waals surface area contributed by atoms with Crippen LogP contribution in [0.4, 0.5) is 4.79 Å². The molecule has 0 spiro atoms. The van der Waals surface area contributed by atoms with Gasteiger partial charge in [-0.1, -0.05) is 0 Å². The summed E-state index contributed by atoms with van der Waals surface area (Å²) in [4.78, 5) is 11.7. The van der Waals surface area contributed by atoms with Crippen LogP contribution >= 0.6 is 0 Å². The van der Waals surface area contributed by atoms with E-state index in [1.54, 1.807) is 0 Å². The van der Waals surface area contributed by atoms with Crippen molar-refractivity contribution < 1.29 is 52.2 Å². The number of rotatable bonds is 2. The summed E-state index contributed by atoms with van der Waals surface area (Å²) in [6.07, 6.45) is -0.101. The predicted octanol–water partition coefficient (Wildman–Crippen LogP) is -4.31. The number of nitrogens with zero attached hydrogens (tertiary/aromatic N) is 1. The third-order valence-electron chi connectivity index (χ3n) is 2.03. The van der Waals surface area contributed by atoms with Gasteiger partial charge in [0.2, 0.25) is 0 Å². The van der Waals surface area contributed by atoms with E-state index >= 15 is 0 Å². The molecule has 0 saturated carbocycles. The second kappa shape index (κ2) is 6.63. The summed E-state index contributed by atoms with van der Waals surface area (Å²) in [7, 11) is 0. The maximum atomic E-state index is 11.7. The molecule has 1 aromatic carbocycles. The van der Waals surface area contributed by atoms with Crippen molar-refractivity contribution in [2.45, 2.75) is 6.61 Å². The molecule has 0 unspecified atom stereocenters. The van der Waals surface area contributed by atoms with Crippen LogP contribution < -0.4 is 42.7 Å². The first-order valence-corrected chi connectivity index (χ1v) is 10.5. The number of carbonyl (C=O) groups excluding carboxylic acids is 1. The van der Waals surface area contributed by atoms with Gasteiger partial charge in [0.05, 0.1) is 0 Å². The molecule has 16 heavy (non-hydrogen) atoms. The molecule has 1 heterocycles. The van der Waals surface area contributed by atoms with Crippen LogP contribution in [0.5, 0.6) is 0 Å². The number of halogens is 2. The molecule has 0 atom stereocenters. The van der Waals surface area contributed by atoms with Gasteiger partial charge in [0, 0.05) is 0 Å². The number of alkyl halides is 3. The van der Waals surface area contributed by atoms with Gasteiger partial charge in [0.15, 0.2) is 0 Å². The molecule has 1 saturated heterocycles. The Labute approximate surface area is 116 Å². The molecule has 1 aliphatic rings. The van der Waals surface area contributed by atoms with Gasteiger partial charge >= 0.3 is 117 Å². The van der Waals surface area contributed by atoms with Gasteiger partial charge in [-0.15, -0.1) is 0 Å². The molecular formula is C11H13I2NO2-2. The van der Waals surface area contributed by atoms with Crippen LogP contribution in [0.25, 0.3) is 0 Å². The monoisotopic (exact) mass is 445 g/mol. The van der Waals surface area contributed by atoms with Crippen LogP contribution in [0.3, 0.4) is 0 Å². The van der Waals surface area contributed by atoms with Crippen LogP contribution in [0.15, 0.2) is 30.3 Å². The van der Waals surface area contributed by atoms with Gasteiger partial charge in [0.25, 0.3) is 0 Å². The molecule has 0 aliphatic carbocycles. The Kier molecular flexibility index (Phi) is 5.14. The fourth-order valence-electron chi connectivity index (χ4n) is 1.24. The molecule has 0 N–H and O–H groups in total. The van der Waals surface area contributed by atoms with Crippen LogP contribution in [0, 0.1) is 0 Å². The van der Waals surface area contributed by atoms with Crippen LogP contribution in [0.1, 0.15) is 5.56 Å². The van der Waals surface area contributed by atoms with E-state index in [9.17, 15) is 4.79 Å². The van der Waals surface area contributed by atoms with E-state index in [2.05, 4.69) is 0 Å². The molecule has 0 aromatic heterocycles. The zero-order valence-corrected chi connectivity index (χ0v) is 13.0. The molecule has 1 amide bonds. The summed E-state index contributed by atoms with van der Waals surface area (Å²) in [5, 5.41) is 0. The van der Waals surface area contributed by atoms with Crippen LogP contribution in [-0.4, -0.2) is 22.6 Å². The molecular weight excluding hydrogens is 432 g/mol. The number of carbonyl (C=O) groups is 1. The maximum absolute atomic E-state index is 11.7. The molecule has 1 aromatic rings. The van der Waals surface area contributed by atoms with Gasteiger partial charge in [-0.25, -0.2) is 0 Å². The zero-order chi connectivity index (χ0) is 11.2. The van der Waals surface area contributed by atoms with E-state index in [1.165, 1.54) is 8.86 Å². The molecule has 2 rings (SSSR count). The zero-order valence-electron chi connectivity index (χ0n) is 8.73. The molecule has 1 aliphatic heterocycles. The first-order valence-electron chi connectivity index (χ1n) is 4.97. The summed E-state index contributed by atoms with van der Waals surface area (Å²) in [6.45, 7) is 0.401. The van der Waals surface area contributed by atoms with Gasteiger partial charge in [-0.05, 0) is 0 Å². The Morgan fingerprint density at radius 2 is 2.12 bits per heavy atom. The van der Waals surface area contributed by atoms with Gasteiger partial charge in [0.1, 0.15) is 0 Å². The fraction of sp³-hybridized carbons (Fsp3) is 0.364. The third-order valence-corrected chi connectivity index (χ3v) is 10.4. The summed E-state index contributed by atoms with van der Waals surface area (Å²) in [6, 6.07) is 9.84. The SMILES string of the molecule is O=C(OCc1ccccc1)N1C[I-]CC[I-]1. The van der Waals surface area contributed by atoms with Crippen molar-refractivity contribution in [2.75, 3.05) is 13.4 Å². The van der Waals surface area contributed by atoms with E-state index in [0.29, 0.717) is 6.61 Å². The van der Waals surface area contributed by atoms with Crippen molar-refractivity contribution in [3.63, 3.8) is 0 Å². The Morgan fingerprint density at radius 3 is 2.81 bits per heavy atom. The summed E-state index contributed by atoms with van der Waals surface area (Å²) < 4.78 is 10.9. The molecule has 90 valence electrons. The average Bonchev–Trinajstić information content (AvgIpc) is 2.38. The van der Waals surface area contributed by atoms with Crippen molar-refractivity contribution in [3.8, 4) is 0 Å². The summed E-state index contributed by atoms with van der Waals surface area (Å²) in [5.41, 5.74) is 1.06. The topological polar surface area (TPSA) is 29.5 Å². The average molecular weight is 445 g/mol. The minimum absolute atomic E-state index is 0.0877. The van der Waals surface area contributed by atoms with Crippen molar-refractivity contribution in [1.29, 1.82) is 0 Å². The second-order valence-electron chi connectivity index (χ2n) is 3.21. The Morgan fingerprint density at radius 1 is 1.31 bits per heavy atom. The first-order chi connectivity index (χ1) is 7.86. The Hall–Kier alpha value is -0.0500. The fourth-order valence-corrected chi connectivity index (χ4v) is 9.54. The first kappa shape index (κ1) is 12.4. The van der Waals surface area contributed by atoms with Crippen molar-refractivity contribution >= 4 is 6.09 Å². The summed E-state index contributed by atoms with van der Waals surface area (Å²) in [5.74, 6) is 0. The van der Waals surface area contributed by atoms with E-state index in [0.717, 1.165) is 10.1 Å². The Balaban J connectivity index is 1.79. The second-order valence-corrected chi connectivity index (χ2v) is 8.97. The number of amides is 1. The number of hydrogen-bond acceptors (Lipinski definition) is 2. The number of benzene rings is 1. The van der Waals surface area contributed by atoms with Gasteiger partial charge in [-0.3, -0.25) is 0 Å². The number of hydrogen-bond donors (Lipinski definition) is 0. The van der Waals surface area contributed by atoms with E-state index in [-0.39, 0.29) is 48.8 Å². The molecule has 1 fully saturated rings. The van der Waals surface area contributed by atoms with Gasteiger partial charge in [-0.2, -0.15) is 0 Å². The molecule has 0 radical (unpaired) electrons. The number of ether oxygens (including phenoxy) is 1. The molecule has 5 heteroatoms. The molecule has 3 nitrogen and oxygen atoms in total.